The Balaban J connectivity index is 1.80. The van der Waals surface area contributed by atoms with Gasteiger partial charge in [-0.1, -0.05) is 37.6 Å². The number of benzene rings is 2. The van der Waals surface area contributed by atoms with Crippen LogP contribution in [0.15, 0.2) is 61.1 Å². The molecule has 0 saturated heterocycles. The Hall–Kier alpha value is -3.22. The summed E-state index contributed by atoms with van der Waals surface area (Å²) < 4.78 is 57.1. The Morgan fingerprint density at radius 1 is 0.931 bits per heavy atom. The molecule has 0 atom stereocenters. The number of aromatic nitrogens is 2. The molecule has 3 rings (SSSR count). The van der Waals surface area contributed by atoms with Crippen molar-refractivity contribution in [3.05, 3.63) is 78.3 Å². The van der Waals surface area contributed by atoms with Gasteiger partial charge in [0.25, 0.3) is 6.43 Å². The number of halogens is 4. The number of aryl methyl sites for hydroxylation is 1. The first-order chi connectivity index (χ1) is 14.0. The second kappa shape index (κ2) is 9.32. The number of hydrogen-bond donors (Lipinski definition) is 0. The molecule has 0 aliphatic rings. The predicted molar refractivity (Wildman–Crippen MR) is 103 cm³/mol. The highest BCUT2D eigenvalue weighted by molar-refractivity contribution is 5.68. The zero-order valence-electron chi connectivity index (χ0n) is 15.6. The molecule has 2 aromatic carbocycles. The molecule has 7 heteroatoms. The Morgan fingerprint density at radius 3 is 2.07 bits per heavy atom. The van der Waals surface area contributed by atoms with E-state index in [0.717, 1.165) is 36.1 Å². The van der Waals surface area contributed by atoms with Crippen molar-refractivity contribution in [3.63, 3.8) is 0 Å². The zero-order chi connectivity index (χ0) is 20.8. The van der Waals surface area contributed by atoms with Crippen molar-refractivity contribution in [2.24, 2.45) is 0 Å². The van der Waals surface area contributed by atoms with E-state index in [1.54, 1.807) is 36.7 Å². The number of ether oxygens (including phenoxy) is 1. The molecule has 0 bridgehead atoms. The third kappa shape index (κ3) is 5.19. The average molecular weight is 402 g/mol. The maximum Gasteiger partial charge on any atom is 0.260 e. The van der Waals surface area contributed by atoms with Crippen LogP contribution in [0.2, 0.25) is 0 Å². The quantitative estimate of drug-likeness (QED) is 0.349. The third-order valence-corrected chi connectivity index (χ3v) is 4.13. The number of nitrogens with zero attached hydrogens (tertiary/aromatic N) is 2. The van der Waals surface area contributed by atoms with E-state index in [9.17, 15) is 17.6 Å². The van der Waals surface area contributed by atoms with Crippen LogP contribution in [0.1, 0.15) is 18.9 Å². The number of allylic oxidation sites excluding steroid dienone is 1. The van der Waals surface area contributed by atoms with Gasteiger partial charge in [0.2, 0.25) is 0 Å². The fourth-order valence-electron chi connectivity index (χ4n) is 2.74. The summed E-state index contributed by atoms with van der Waals surface area (Å²) >= 11 is 0. The van der Waals surface area contributed by atoms with Gasteiger partial charge in [0.1, 0.15) is 0 Å². The van der Waals surface area contributed by atoms with E-state index in [1.807, 2.05) is 0 Å². The lowest BCUT2D eigenvalue weighted by Gasteiger charge is -2.08. The monoisotopic (exact) mass is 402 g/mol. The van der Waals surface area contributed by atoms with Crippen molar-refractivity contribution in [2.45, 2.75) is 26.2 Å². The minimum Gasteiger partial charge on any atom is -0.459 e. The second-order valence-electron chi connectivity index (χ2n) is 6.29. The van der Waals surface area contributed by atoms with E-state index in [4.69, 9.17) is 0 Å². The Kier molecular flexibility index (Phi) is 6.59. The smallest absolute Gasteiger partial charge is 0.260 e. The van der Waals surface area contributed by atoms with Crippen LogP contribution in [0.3, 0.4) is 0 Å². The van der Waals surface area contributed by atoms with Crippen molar-refractivity contribution in [2.75, 3.05) is 0 Å². The van der Waals surface area contributed by atoms with E-state index in [1.165, 1.54) is 0 Å². The molecule has 29 heavy (non-hydrogen) atoms. The first-order valence-electron chi connectivity index (χ1n) is 9.00. The Labute approximate surface area is 165 Å². The molecule has 1 heterocycles. The van der Waals surface area contributed by atoms with E-state index in [2.05, 4.69) is 21.6 Å². The first-order valence-corrected chi connectivity index (χ1v) is 9.00. The summed E-state index contributed by atoms with van der Waals surface area (Å²) in [7, 11) is 0. The Bertz CT molecular complexity index is 964. The van der Waals surface area contributed by atoms with E-state index >= 15 is 0 Å². The van der Waals surface area contributed by atoms with Gasteiger partial charge in [-0.05, 0) is 35.2 Å². The van der Waals surface area contributed by atoms with Crippen LogP contribution < -0.4 is 4.74 Å². The summed E-state index contributed by atoms with van der Waals surface area (Å²) in [4.78, 5) is 8.69. The number of rotatable bonds is 7. The summed E-state index contributed by atoms with van der Waals surface area (Å²) in [5.74, 6) is -2.15. The molecule has 0 N–H and O–H groups in total. The van der Waals surface area contributed by atoms with Crippen LogP contribution in [0, 0.1) is 11.6 Å². The van der Waals surface area contributed by atoms with Gasteiger partial charge in [-0.3, -0.25) is 0 Å². The summed E-state index contributed by atoms with van der Waals surface area (Å²) in [6, 6.07) is 9.08. The topological polar surface area (TPSA) is 35.0 Å². The lowest BCUT2D eigenvalue weighted by Crippen LogP contribution is -1.95. The molecular weight excluding hydrogens is 384 g/mol. The molecule has 0 saturated carbocycles. The molecule has 0 fully saturated rings. The van der Waals surface area contributed by atoms with Gasteiger partial charge < -0.3 is 4.74 Å². The Morgan fingerprint density at radius 2 is 1.52 bits per heavy atom. The van der Waals surface area contributed by atoms with Gasteiger partial charge >= 0.3 is 0 Å². The van der Waals surface area contributed by atoms with Crippen LogP contribution in [0.25, 0.3) is 22.5 Å². The van der Waals surface area contributed by atoms with Crippen molar-refractivity contribution >= 4 is 0 Å². The maximum atomic E-state index is 14.2. The van der Waals surface area contributed by atoms with Crippen molar-refractivity contribution in [3.8, 4) is 28.3 Å². The van der Waals surface area contributed by atoms with Crippen LogP contribution >= 0.6 is 0 Å². The molecule has 0 aliphatic carbocycles. The van der Waals surface area contributed by atoms with Crippen LogP contribution in [-0.4, -0.2) is 16.4 Å². The predicted octanol–water partition coefficient (Wildman–Crippen LogP) is 6.20. The van der Waals surface area contributed by atoms with Crippen LogP contribution in [0.5, 0.6) is 5.75 Å². The summed E-state index contributed by atoms with van der Waals surface area (Å²) in [6.45, 7) is 2.08. The minimum atomic E-state index is -2.77. The van der Waals surface area contributed by atoms with Crippen molar-refractivity contribution < 1.29 is 22.3 Å². The SMILES string of the molecule is CCCc1cnc(-c2ccc(-c3cc(F)c(OC=CC(F)F)c(F)c3)cc2)nc1. The highest BCUT2D eigenvalue weighted by Gasteiger charge is 2.14. The molecule has 3 aromatic rings. The van der Waals surface area contributed by atoms with Gasteiger partial charge in [0.15, 0.2) is 23.2 Å². The molecule has 3 nitrogen and oxygen atoms in total. The molecule has 0 spiro atoms. The van der Waals surface area contributed by atoms with Crippen molar-refractivity contribution in [1.29, 1.82) is 0 Å². The minimum absolute atomic E-state index is 0.288. The highest BCUT2D eigenvalue weighted by atomic mass is 19.3. The zero-order valence-corrected chi connectivity index (χ0v) is 15.6. The van der Waals surface area contributed by atoms with E-state index in [0.29, 0.717) is 23.7 Å². The molecule has 0 radical (unpaired) electrons. The van der Waals surface area contributed by atoms with Crippen LogP contribution in [0.4, 0.5) is 17.6 Å². The highest BCUT2D eigenvalue weighted by Crippen LogP contribution is 2.30. The largest absolute Gasteiger partial charge is 0.459 e. The second-order valence-corrected chi connectivity index (χ2v) is 6.29. The number of hydrogen-bond acceptors (Lipinski definition) is 3. The van der Waals surface area contributed by atoms with Crippen LogP contribution in [-0.2, 0) is 6.42 Å². The summed E-state index contributed by atoms with van der Waals surface area (Å²) in [6.07, 6.45) is 3.67. The van der Waals surface area contributed by atoms with Gasteiger partial charge in [-0.2, -0.15) is 0 Å². The third-order valence-electron chi connectivity index (χ3n) is 4.13. The van der Waals surface area contributed by atoms with Crippen molar-refractivity contribution in [1.82, 2.24) is 9.97 Å². The summed E-state index contributed by atoms with van der Waals surface area (Å²) in [5.41, 5.74) is 2.69. The molecule has 0 unspecified atom stereocenters. The molecular formula is C22H18F4N2O. The fraction of sp³-hybridized carbons (Fsp3) is 0.182. The summed E-state index contributed by atoms with van der Waals surface area (Å²) in [5, 5.41) is 0. The van der Waals surface area contributed by atoms with E-state index in [-0.39, 0.29) is 5.56 Å². The lowest BCUT2D eigenvalue weighted by molar-refractivity contribution is 0.200. The normalized spacial score (nSPS) is 11.4. The fourth-order valence-corrected chi connectivity index (χ4v) is 2.74. The van der Waals surface area contributed by atoms with Gasteiger partial charge in [-0.15, -0.1) is 0 Å². The molecule has 0 amide bonds. The molecule has 150 valence electrons. The lowest BCUT2D eigenvalue weighted by atomic mass is 10.0. The average Bonchev–Trinajstić information content (AvgIpc) is 2.71. The molecule has 0 aliphatic heterocycles. The maximum absolute atomic E-state index is 14.2. The number of alkyl halides is 2. The van der Waals surface area contributed by atoms with E-state index < -0.39 is 23.8 Å². The van der Waals surface area contributed by atoms with Gasteiger partial charge in [0, 0.05) is 24.0 Å². The molecule has 1 aromatic heterocycles. The first kappa shape index (κ1) is 20.5. The van der Waals surface area contributed by atoms with Gasteiger partial charge in [-0.25, -0.2) is 27.5 Å². The standard InChI is InChI=1S/C22H18F4N2O/c1-2-3-14-12-27-22(28-13-14)16-6-4-15(5-7-16)17-10-18(23)21(19(24)11-17)29-9-8-20(25)26/h4-13,20H,2-3H2,1H3. The van der Waals surface area contributed by atoms with Gasteiger partial charge in [0.05, 0.1) is 6.26 Å².